The smallest absolute Gasteiger partial charge is 0.225 e. The van der Waals surface area contributed by atoms with Crippen LogP contribution in [0.1, 0.15) is 34.0 Å². The molecule has 5 nitrogen and oxygen atoms in total. The van der Waals surface area contributed by atoms with Crippen molar-refractivity contribution < 1.29 is 4.79 Å². The molecule has 1 aliphatic rings. The van der Waals surface area contributed by atoms with Crippen molar-refractivity contribution in [3.63, 3.8) is 0 Å². The normalized spacial score (nSPS) is 16.2. The third-order valence-electron chi connectivity index (χ3n) is 4.43. The molecule has 0 bridgehead atoms. The Labute approximate surface area is 147 Å². The SMILES string of the molecule is Cc1nc(C)c(CC(=O)NC2CCN(Cc3ccncc3)CC2)s1. The zero-order valence-electron chi connectivity index (χ0n) is 14.3. The second-order valence-electron chi connectivity index (χ2n) is 6.39. The largest absolute Gasteiger partial charge is 0.353 e. The fourth-order valence-corrected chi connectivity index (χ4v) is 4.08. The summed E-state index contributed by atoms with van der Waals surface area (Å²) in [6.07, 6.45) is 6.15. The Morgan fingerprint density at radius 2 is 2.00 bits per heavy atom. The second kappa shape index (κ2) is 7.85. The third-order valence-corrected chi connectivity index (χ3v) is 5.50. The number of amides is 1. The predicted octanol–water partition coefficient (Wildman–Crippen LogP) is 2.48. The van der Waals surface area contributed by atoms with E-state index in [4.69, 9.17) is 0 Å². The maximum absolute atomic E-state index is 12.3. The Bertz CT molecular complexity index is 678. The first-order chi connectivity index (χ1) is 11.6. The molecule has 0 unspecified atom stereocenters. The van der Waals surface area contributed by atoms with Crippen LogP contribution in [0, 0.1) is 13.8 Å². The zero-order valence-corrected chi connectivity index (χ0v) is 15.1. The lowest BCUT2D eigenvalue weighted by molar-refractivity contribution is -0.121. The van der Waals surface area contributed by atoms with Crippen LogP contribution in [0.15, 0.2) is 24.5 Å². The van der Waals surface area contributed by atoms with Crippen LogP contribution < -0.4 is 5.32 Å². The van der Waals surface area contributed by atoms with Gasteiger partial charge in [0.25, 0.3) is 0 Å². The van der Waals surface area contributed by atoms with E-state index in [0.717, 1.165) is 48.1 Å². The maximum atomic E-state index is 12.3. The molecule has 0 aromatic carbocycles. The Morgan fingerprint density at radius 1 is 1.29 bits per heavy atom. The highest BCUT2D eigenvalue weighted by atomic mass is 32.1. The molecule has 1 N–H and O–H groups in total. The lowest BCUT2D eigenvalue weighted by Crippen LogP contribution is -2.44. The monoisotopic (exact) mass is 344 g/mol. The number of thiazole rings is 1. The third kappa shape index (κ3) is 4.61. The van der Waals surface area contributed by atoms with E-state index in [2.05, 4.69) is 32.3 Å². The standard InChI is InChI=1S/C18H24N4OS/c1-13-17(24-14(2)20-13)11-18(23)21-16-5-9-22(10-6-16)12-15-3-7-19-8-4-15/h3-4,7-8,16H,5-6,9-12H2,1-2H3,(H,21,23). The number of piperidine rings is 1. The van der Waals surface area contributed by atoms with Crippen molar-refractivity contribution in [1.29, 1.82) is 0 Å². The molecule has 1 fully saturated rings. The molecule has 0 radical (unpaired) electrons. The molecule has 24 heavy (non-hydrogen) atoms. The Balaban J connectivity index is 1.43. The number of pyridine rings is 1. The Kier molecular flexibility index (Phi) is 5.58. The molecule has 0 aliphatic carbocycles. The minimum absolute atomic E-state index is 0.120. The van der Waals surface area contributed by atoms with Crippen molar-refractivity contribution in [2.24, 2.45) is 0 Å². The van der Waals surface area contributed by atoms with E-state index < -0.39 is 0 Å². The van der Waals surface area contributed by atoms with Crippen LogP contribution in [-0.4, -0.2) is 39.9 Å². The lowest BCUT2D eigenvalue weighted by Gasteiger charge is -2.32. The first kappa shape index (κ1) is 17.0. The summed E-state index contributed by atoms with van der Waals surface area (Å²) in [7, 11) is 0. The number of hydrogen-bond donors (Lipinski definition) is 1. The van der Waals surface area contributed by atoms with Gasteiger partial charge in [0.1, 0.15) is 0 Å². The van der Waals surface area contributed by atoms with Gasteiger partial charge in [-0.2, -0.15) is 0 Å². The predicted molar refractivity (Wildman–Crippen MR) is 96.0 cm³/mol. The van der Waals surface area contributed by atoms with Gasteiger partial charge in [-0.05, 0) is 44.4 Å². The highest BCUT2D eigenvalue weighted by Crippen LogP contribution is 2.18. The average molecular weight is 344 g/mol. The summed E-state index contributed by atoms with van der Waals surface area (Å²) in [6.45, 7) is 6.96. The van der Waals surface area contributed by atoms with Gasteiger partial charge in [-0.3, -0.25) is 14.7 Å². The molecule has 0 spiro atoms. The van der Waals surface area contributed by atoms with Crippen LogP contribution in [0.2, 0.25) is 0 Å². The number of rotatable bonds is 5. The van der Waals surface area contributed by atoms with Crippen molar-refractivity contribution >= 4 is 17.2 Å². The minimum Gasteiger partial charge on any atom is -0.353 e. The summed E-state index contributed by atoms with van der Waals surface area (Å²) in [4.78, 5) is 24.2. The summed E-state index contributed by atoms with van der Waals surface area (Å²) < 4.78 is 0. The molecule has 2 aromatic heterocycles. The molecular weight excluding hydrogens is 320 g/mol. The van der Waals surface area contributed by atoms with Gasteiger partial charge in [-0.25, -0.2) is 4.98 Å². The summed E-state index contributed by atoms with van der Waals surface area (Å²) >= 11 is 1.62. The van der Waals surface area contributed by atoms with Gasteiger partial charge in [0.05, 0.1) is 17.1 Å². The van der Waals surface area contributed by atoms with Crippen molar-refractivity contribution in [3.05, 3.63) is 45.7 Å². The van der Waals surface area contributed by atoms with E-state index >= 15 is 0 Å². The molecule has 2 aromatic rings. The van der Waals surface area contributed by atoms with Crippen LogP contribution in [0.4, 0.5) is 0 Å². The summed E-state index contributed by atoms with van der Waals surface area (Å²) in [5, 5.41) is 4.22. The number of aryl methyl sites for hydroxylation is 2. The van der Waals surface area contributed by atoms with Crippen LogP contribution in [-0.2, 0) is 17.8 Å². The Hall–Kier alpha value is -1.79. The molecule has 6 heteroatoms. The first-order valence-corrected chi connectivity index (χ1v) is 9.25. The van der Waals surface area contributed by atoms with Gasteiger partial charge in [-0.15, -0.1) is 11.3 Å². The number of likely N-dealkylation sites (tertiary alicyclic amines) is 1. The van der Waals surface area contributed by atoms with Gasteiger partial charge in [0.15, 0.2) is 0 Å². The average Bonchev–Trinajstić information content (AvgIpc) is 2.87. The minimum atomic E-state index is 0.120. The zero-order chi connectivity index (χ0) is 16.9. The number of carbonyl (C=O) groups is 1. The molecular formula is C18H24N4OS. The Morgan fingerprint density at radius 3 is 2.62 bits per heavy atom. The number of aromatic nitrogens is 2. The highest BCUT2D eigenvalue weighted by Gasteiger charge is 2.21. The molecule has 1 saturated heterocycles. The van der Waals surface area contributed by atoms with Crippen molar-refractivity contribution in [1.82, 2.24) is 20.2 Å². The maximum Gasteiger partial charge on any atom is 0.225 e. The molecule has 1 aliphatic heterocycles. The number of carbonyl (C=O) groups excluding carboxylic acids is 1. The number of nitrogens with zero attached hydrogens (tertiary/aromatic N) is 3. The van der Waals surface area contributed by atoms with E-state index in [-0.39, 0.29) is 5.91 Å². The van der Waals surface area contributed by atoms with E-state index in [9.17, 15) is 4.79 Å². The lowest BCUT2D eigenvalue weighted by atomic mass is 10.0. The van der Waals surface area contributed by atoms with Gasteiger partial charge in [0.2, 0.25) is 5.91 Å². The number of nitrogens with one attached hydrogen (secondary N) is 1. The van der Waals surface area contributed by atoms with E-state index in [1.165, 1.54) is 5.56 Å². The summed E-state index contributed by atoms with van der Waals surface area (Å²) in [5.41, 5.74) is 2.28. The van der Waals surface area contributed by atoms with Crippen LogP contribution in [0.25, 0.3) is 0 Å². The van der Waals surface area contributed by atoms with Gasteiger partial charge in [0, 0.05) is 42.9 Å². The molecule has 128 valence electrons. The van der Waals surface area contributed by atoms with Gasteiger partial charge >= 0.3 is 0 Å². The molecule has 0 atom stereocenters. The van der Waals surface area contributed by atoms with Crippen molar-refractivity contribution in [3.8, 4) is 0 Å². The first-order valence-electron chi connectivity index (χ1n) is 8.43. The van der Waals surface area contributed by atoms with Crippen LogP contribution >= 0.6 is 11.3 Å². The molecule has 3 rings (SSSR count). The van der Waals surface area contributed by atoms with Gasteiger partial charge < -0.3 is 5.32 Å². The van der Waals surface area contributed by atoms with Crippen LogP contribution in [0.5, 0.6) is 0 Å². The molecule has 1 amide bonds. The van der Waals surface area contributed by atoms with Crippen LogP contribution in [0.3, 0.4) is 0 Å². The van der Waals surface area contributed by atoms with Gasteiger partial charge in [-0.1, -0.05) is 0 Å². The fourth-order valence-electron chi connectivity index (χ4n) is 3.14. The van der Waals surface area contributed by atoms with E-state index in [0.29, 0.717) is 12.5 Å². The molecule has 3 heterocycles. The van der Waals surface area contributed by atoms with Crippen molar-refractivity contribution in [2.75, 3.05) is 13.1 Å². The highest BCUT2D eigenvalue weighted by molar-refractivity contribution is 7.11. The van der Waals surface area contributed by atoms with E-state index in [1.54, 1.807) is 11.3 Å². The van der Waals surface area contributed by atoms with E-state index in [1.807, 2.05) is 26.2 Å². The summed E-state index contributed by atoms with van der Waals surface area (Å²) in [5.74, 6) is 0.120. The van der Waals surface area contributed by atoms with Crippen molar-refractivity contribution in [2.45, 2.75) is 45.7 Å². The topological polar surface area (TPSA) is 58.1 Å². The quantitative estimate of drug-likeness (QED) is 0.905. The molecule has 0 saturated carbocycles. The summed E-state index contributed by atoms with van der Waals surface area (Å²) in [6, 6.07) is 4.42. The number of hydrogen-bond acceptors (Lipinski definition) is 5. The fraction of sp³-hybridized carbons (Fsp3) is 0.500. The second-order valence-corrected chi connectivity index (χ2v) is 7.68.